The SMILES string of the molecule is C[C@@H](C(=O)Nc1ccc(Cl)cc1C(F)(F)F)N1CCN(C(=O)[C@H]2COc3ccccc3O2)CC1. The van der Waals surface area contributed by atoms with E-state index < -0.39 is 29.8 Å². The Morgan fingerprint density at radius 3 is 2.44 bits per heavy atom. The van der Waals surface area contributed by atoms with Gasteiger partial charge in [0.05, 0.1) is 17.3 Å². The summed E-state index contributed by atoms with van der Waals surface area (Å²) in [6.07, 6.45) is -5.42. The van der Waals surface area contributed by atoms with Crippen LogP contribution in [-0.2, 0) is 15.8 Å². The molecule has 2 heterocycles. The number of anilines is 1. The number of piperazine rings is 1. The summed E-state index contributed by atoms with van der Waals surface area (Å²) < 4.78 is 51.3. The van der Waals surface area contributed by atoms with Gasteiger partial charge >= 0.3 is 6.18 Å². The van der Waals surface area contributed by atoms with Crippen LogP contribution in [0.15, 0.2) is 42.5 Å². The van der Waals surface area contributed by atoms with E-state index in [4.69, 9.17) is 21.1 Å². The highest BCUT2D eigenvalue weighted by Gasteiger charge is 2.36. The molecule has 1 fully saturated rings. The normalized spacial score (nSPS) is 19.4. The Labute approximate surface area is 199 Å². The monoisotopic (exact) mass is 497 g/mol. The van der Waals surface area contributed by atoms with Crippen LogP contribution in [0, 0.1) is 0 Å². The quantitative estimate of drug-likeness (QED) is 0.698. The molecule has 182 valence electrons. The minimum Gasteiger partial charge on any atom is -0.485 e. The highest BCUT2D eigenvalue weighted by molar-refractivity contribution is 6.30. The Morgan fingerprint density at radius 2 is 1.76 bits per heavy atom. The van der Waals surface area contributed by atoms with Crippen molar-refractivity contribution in [3.63, 3.8) is 0 Å². The maximum absolute atomic E-state index is 13.3. The van der Waals surface area contributed by atoms with Crippen LogP contribution in [0.25, 0.3) is 0 Å². The minimum absolute atomic E-state index is 0.0741. The van der Waals surface area contributed by atoms with Crippen LogP contribution < -0.4 is 14.8 Å². The average Bonchev–Trinajstić information content (AvgIpc) is 2.83. The summed E-state index contributed by atoms with van der Waals surface area (Å²) >= 11 is 5.69. The second-order valence-electron chi connectivity index (χ2n) is 8.08. The number of amides is 2. The molecule has 7 nitrogen and oxygen atoms in total. The van der Waals surface area contributed by atoms with Crippen molar-refractivity contribution in [2.24, 2.45) is 0 Å². The fourth-order valence-electron chi connectivity index (χ4n) is 3.94. The number of carbonyl (C=O) groups excluding carboxylic acids is 2. The van der Waals surface area contributed by atoms with Crippen LogP contribution in [0.4, 0.5) is 18.9 Å². The number of halogens is 4. The van der Waals surface area contributed by atoms with Gasteiger partial charge in [0.25, 0.3) is 5.91 Å². The largest absolute Gasteiger partial charge is 0.485 e. The Hall–Kier alpha value is -2.98. The minimum atomic E-state index is -4.66. The molecule has 0 bridgehead atoms. The lowest BCUT2D eigenvalue weighted by Crippen LogP contribution is -2.57. The first-order valence-corrected chi connectivity index (χ1v) is 11.1. The molecule has 2 aliphatic rings. The van der Waals surface area contributed by atoms with E-state index in [1.54, 1.807) is 30.0 Å². The lowest BCUT2D eigenvalue weighted by molar-refractivity contribution is -0.143. The van der Waals surface area contributed by atoms with Gasteiger partial charge in [0.2, 0.25) is 12.0 Å². The van der Waals surface area contributed by atoms with Crippen LogP contribution in [0.2, 0.25) is 5.02 Å². The molecule has 2 aromatic carbocycles. The summed E-state index contributed by atoms with van der Waals surface area (Å²) in [7, 11) is 0. The van der Waals surface area contributed by atoms with Gasteiger partial charge in [0, 0.05) is 31.2 Å². The molecule has 0 aliphatic carbocycles. The number of benzene rings is 2. The molecular formula is C23H23ClF3N3O4. The third-order valence-corrected chi connectivity index (χ3v) is 6.12. The van der Waals surface area contributed by atoms with Crippen LogP contribution in [-0.4, -0.2) is 66.5 Å². The van der Waals surface area contributed by atoms with E-state index in [9.17, 15) is 22.8 Å². The van der Waals surface area contributed by atoms with Gasteiger partial charge in [-0.05, 0) is 37.3 Å². The zero-order valence-electron chi connectivity index (χ0n) is 18.3. The zero-order chi connectivity index (χ0) is 24.5. The lowest BCUT2D eigenvalue weighted by atomic mass is 10.1. The number of fused-ring (bicyclic) bond motifs is 1. The molecule has 2 aliphatic heterocycles. The maximum atomic E-state index is 13.3. The molecule has 1 saturated heterocycles. The molecule has 0 saturated carbocycles. The van der Waals surface area contributed by atoms with Gasteiger partial charge in [0.1, 0.15) is 6.61 Å². The molecule has 34 heavy (non-hydrogen) atoms. The van der Waals surface area contributed by atoms with Gasteiger partial charge < -0.3 is 19.7 Å². The second-order valence-corrected chi connectivity index (χ2v) is 8.51. The molecular weight excluding hydrogens is 475 g/mol. The number of rotatable bonds is 4. The number of hydrogen-bond acceptors (Lipinski definition) is 5. The van der Waals surface area contributed by atoms with Crippen molar-refractivity contribution in [1.82, 2.24) is 9.80 Å². The lowest BCUT2D eigenvalue weighted by Gasteiger charge is -2.39. The standard InChI is InChI=1S/C23H23ClF3N3O4/c1-14(21(31)28-17-7-6-15(24)12-16(17)23(25,26)27)29-8-10-30(11-9-29)22(32)20-13-33-18-4-2-3-5-19(18)34-20/h2-7,12,14,20H,8-11,13H2,1H3,(H,28,31)/t14-,20+/m0/s1. The molecule has 0 radical (unpaired) electrons. The topological polar surface area (TPSA) is 71.1 Å². The van der Waals surface area contributed by atoms with Gasteiger partial charge in [-0.25, -0.2) is 0 Å². The van der Waals surface area contributed by atoms with Crippen LogP contribution >= 0.6 is 11.6 Å². The third kappa shape index (κ3) is 5.23. The number of ether oxygens (including phenoxy) is 2. The van der Waals surface area contributed by atoms with Gasteiger partial charge in [-0.1, -0.05) is 23.7 Å². The Kier molecular flexibility index (Phi) is 6.90. The molecule has 2 aromatic rings. The summed E-state index contributed by atoms with van der Waals surface area (Å²) in [4.78, 5) is 29.0. The van der Waals surface area contributed by atoms with Crippen molar-refractivity contribution in [3.05, 3.63) is 53.1 Å². The van der Waals surface area contributed by atoms with Gasteiger partial charge in [0.15, 0.2) is 11.5 Å². The van der Waals surface area contributed by atoms with Crippen LogP contribution in [0.3, 0.4) is 0 Å². The Bertz CT molecular complexity index is 1070. The highest BCUT2D eigenvalue weighted by Crippen LogP contribution is 2.36. The molecule has 0 aromatic heterocycles. The first-order chi connectivity index (χ1) is 16.1. The first-order valence-electron chi connectivity index (χ1n) is 10.7. The van der Waals surface area contributed by atoms with E-state index >= 15 is 0 Å². The van der Waals surface area contributed by atoms with Crippen molar-refractivity contribution >= 4 is 29.1 Å². The fourth-order valence-corrected chi connectivity index (χ4v) is 4.11. The van der Waals surface area contributed by atoms with Gasteiger partial charge in [-0.15, -0.1) is 0 Å². The number of carbonyl (C=O) groups is 2. The summed E-state index contributed by atoms with van der Waals surface area (Å²) in [6, 6.07) is 9.62. The van der Waals surface area contributed by atoms with Crippen LogP contribution in [0.1, 0.15) is 12.5 Å². The molecule has 1 N–H and O–H groups in total. The Balaban J connectivity index is 1.33. The fraction of sp³-hybridized carbons (Fsp3) is 0.391. The van der Waals surface area contributed by atoms with Crippen molar-refractivity contribution in [3.8, 4) is 11.5 Å². The predicted octanol–water partition coefficient (Wildman–Crippen LogP) is 3.67. The number of alkyl halides is 3. The molecule has 0 spiro atoms. The molecule has 2 amide bonds. The molecule has 0 unspecified atom stereocenters. The zero-order valence-corrected chi connectivity index (χ0v) is 19.0. The summed E-state index contributed by atoms with van der Waals surface area (Å²) in [5.74, 6) is 0.317. The van der Waals surface area contributed by atoms with Gasteiger partial charge in [-0.3, -0.25) is 14.5 Å². The summed E-state index contributed by atoms with van der Waals surface area (Å²) in [5, 5.41) is 2.29. The van der Waals surface area contributed by atoms with E-state index in [-0.39, 0.29) is 23.2 Å². The number of para-hydroxylation sites is 2. The van der Waals surface area contributed by atoms with E-state index in [0.717, 1.165) is 12.1 Å². The van der Waals surface area contributed by atoms with Crippen molar-refractivity contribution in [1.29, 1.82) is 0 Å². The smallest absolute Gasteiger partial charge is 0.418 e. The summed E-state index contributed by atoms with van der Waals surface area (Å²) in [6.45, 7) is 3.20. The molecule has 2 atom stereocenters. The third-order valence-electron chi connectivity index (χ3n) is 5.88. The van der Waals surface area contributed by atoms with E-state index in [2.05, 4.69) is 5.32 Å². The average molecular weight is 498 g/mol. The van der Waals surface area contributed by atoms with Crippen LogP contribution in [0.5, 0.6) is 11.5 Å². The van der Waals surface area contributed by atoms with Gasteiger partial charge in [-0.2, -0.15) is 13.2 Å². The first kappa shape index (κ1) is 24.2. The number of nitrogens with zero attached hydrogens (tertiary/aromatic N) is 2. The Morgan fingerprint density at radius 1 is 1.09 bits per heavy atom. The van der Waals surface area contributed by atoms with Crippen molar-refractivity contribution in [2.75, 3.05) is 38.1 Å². The van der Waals surface area contributed by atoms with E-state index in [1.807, 2.05) is 11.0 Å². The van der Waals surface area contributed by atoms with E-state index in [0.29, 0.717) is 37.7 Å². The van der Waals surface area contributed by atoms with E-state index in [1.165, 1.54) is 6.07 Å². The second kappa shape index (κ2) is 9.71. The maximum Gasteiger partial charge on any atom is 0.418 e. The molecule has 11 heteroatoms. The number of nitrogens with one attached hydrogen (secondary N) is 1. The predicted molar refractivity (Wildman–Crippen MR) is 119 cm³/mol. The molecule has 4 rings (SSSR count). The number of hydrogen-bond donors (Lipinski definition) is 1. The summed E-state index contributed by atoms with van der Waals surface area (Å²) in [5.41, 5.74) is -1.36. The van der Waals surface area contributed by atoms with Crippen molar-refractivity contribution in [2.45, 2.75) is 25.2 Å². The highest BCUT2D eigenvalue weighted by atomic mass is 35.5. The van der Waals surface area contributed by atoms with Crippen molar-refractivity contribution < 1.29 is 32.2 Å².